The highest BCUT2D eigenvalue weighted by molar-refractivity contribution is 7.80. The van der Waals surface area contributed by atoms with Gasteiger partial charge in [-0.1, -0.05) is 17.7 Å². The minimum Gasteiger partial charge on any atom is -0.493 e. The molecule has 0 unspecified atom stereocenters. The summed E-state index contributed by atoms with van der Waals surface area (Å²) < 4.78 is 16.0. The number of benzene rings is 2. The Balaban J connectivity index is 2.06. The molecule has 1 aliphatic heterocycles. The van der Waals surface area contributed by atoms with Crippen molar-refractivity contribution in [3.05, 3.63) is 53.1 Å². The Bertz CT molecular complexity index is 989. The number of methoxy groups -OCH3 is 3. The first-order chi connectivity index (χ1) is 13.9. The van der Waals surface area contributed by atoms with E-state index in [1.165, 1.54) is 32.3 Å². The quantitative estimate of drug-likeness (QED) is 0.462. The van der Waals surface area contributed by atoms with Gasteiger partial charge in [0.1, 0.15) is 5.57 Å². The molecule has 29 heavy (non-hydrogen) atoms. The van der Waals surface area contributed by atoms with E-state index in [1.807, 2.05) is 19.1 Å². The van der Waals surface area contributed by atoms with Crippen LogP contribution in [0.1, 0.15) is 11.1 Å². The van der Waals surface area contributed by atoms with Gasteiger partial charge in [-0.15, -0.1) is 0 Å². The molecule has 8 heteroatoms. The number of aryl methyl sites for hydroxylation is 1. The van der Waals surface area contributed by atoms with Crippen LogP contribution in [0.3, 0.4) is 0 Å². The van der Waals surface area contributed by atoms with Crippen LogP contribution in [0.4, 0.5) is 5.69 Å². The van der Waals surface area contributed by atoms with Gasteiger partial charge in [-0.25, -0.2) is 0 Å². The number of anilines is 1. The summed E-state index contributed by atoms with van der Waals surface area (Å²) in [6, 6.07) is 10.6. The van der Waals surface area contributed by atoms with Gasteiger partial charge in [0.15, 0.2) is 16.6 Å². The molecule has 0 atom stereocenters. The molecule has 0 spiro atoms. The largest absolute Gasteiger partial charge is 0.493 e. The van der Waals surface area contributed by atoms with Crippen LogP contribution in [-0.2, 0) is 9.59 Å². The maximum absolute atomic E-state index is 13.1. The van der Waals surface area contributed by atoms with Crippen molar-refractivity contribution >= 4 is 40.9 Å². The summed E-state index contributed by atoms with van der Waals surface area (Å²) in [6.45, 7) is 1.94. The predicted molar refractivity (Wildman–Crippen MR) is 113 cm³/mol. The summed E-state index contributed by atoms with van der Waals surface area (Å²) in [6.07, 6.45) is 1.46. The van der Waals surface area contributed by atoms with Gasteiger partial charge in [0.25, 0.3) is 11.8 Å². The first-order valence-electron chi connectivity index (χ1n) is 8.67. The zero-order chi connectivity index (χ0) is 21.1. The molecule has 1 fully saturated rings. The van der Waals surface area contributed by atoms with E-state index in [2.05, 4.69) is 5.32 Å². The molecule has 1 saturated heterocycles. The lowest BCUT2D eigenvalue weighted by Gasteiger charge is -2.29. The summed E-state index contributed by atoms with van der Waals surface area (Å²) in [5.74, 6) is 0.147. The van der Waals surface area contributed by atoms with Crippen LogP contribution in [0, 0.1) is 6.92 Å². The zero-order valence-corrected chi connectivity index (χ0v) is 17.3. The van der Waals surface area contributed by atoms with Crippen molar-refractivity contribution in [3.63, 3.8) is 0 Å². The first-order valence-corrected chi connectivity index (χ1v) is 9.08. The highest BCUT2D eigenvalue weighted by atomic mass is 32.1. The van der Waals surface area contributed by atoms with E-state index >= 15 is 0 Å². The van der Waals surface area contributed by atoms with Crippen molar-refractivity contribution in [1.82, 2.24) is 5.32 Å². The van der Waals surface area contributed by atoms with E-state index in [0.717, 1.165) is 5.56 Å². The first kappa shape index (κ1) is 20.3. The van der Waals surface area contributed by atoms with Crippen molar-refractivity contribution < 1.29 is 23.8 Å². The van der Waals surface area contributed by atoms with E-state index in [1.54, 1.807) is 24.3 Å². The summed E-state index contributed by atoms with van der Waals surface area (Å²) in [7, 11) is 4.48. The average molecular weight is 412 g/mol. The van der Waals surface area contributed by atoms with Crippen LogP contribution in [0.25, 0.3) is 6.08 Å². The second-order valence-corrected chi connectivity index (χ2v) is 6.64. The summed E-state index contributed by atoms with van der Waals surface area (Å²) >= 11 is 5.22. The van der Waals surface area contributed by atoms with Gasteiger partial charge in [0, 0.05) is 0 Å². The van der Waals surface area contributed by atoms with Crippen molar-refractivity contribution in [2.45, 2.75) is 6.92 Å². The maximum Gasteiger partial charge on any atom is 0.270 e. The molecule has 0 saturated carbocycles. The third-order valence-corrected chi connectivity index (χ3v) is 4.68. The Morgan fingerprint density at radius 1 is 0.966 bits per heavy atom. The van der Waals surface area contributed by atoms with Crippen LogP contribution < -0.4 is 24.4 Å². The number of carbonyl (C=O) groups excluding carboxylic acids is 2. The standard InChI is InChI=1S/C21H20N2O5S/c1-12-5-7-14(8-6-12)23-20(25)15(19(24)22-21(23)29)9-13-10-16(26-2)18(28-4)17(11-13)27-3/h5-11H,1-4H3,(H,22,24,29). The van der Waals surface area contributed by atoms with Crippen LogP contribution in [0.2, 0.25) is 0 Å². The lowest BCUT2D eigenvalue weighted by Crippen LogP contribution is -2.54. The SMILES string of the molecule is COc1cc(C=C2C(=O)NC(=S)N(c3ccc(C)cc3)C2=O)cc(OC)c1OC. The number of thiocarbonyl (C=S) groups is 1. The number of nitrogens with zero attached hydrogens (tertiary/aromatic N) is 1. The summed E-state index contributed by atoms with van der Waals surface area (Å²) in [5, 5.41) is 2.60. The second-order valence-electron chi connectivity index (χ2n) is 6.25. The van der Waals surface area contributed by atoms with E-state index in [9.17, 15) is 9.59 Å². The number of ether oxygens (including phenoxy) is 3. The highest BCUT2D eigenvalue weighted by Crippen LogP contribution is 2.39. The number of hydrogen-bond donors (Lipinski definition) is 1. The molecule has 7 nitrogen and oxygen atoms in total. The average Bonchev–Trinajstić information content (AvgIpc) is 2.71. The molecule has 2 amide bonds. The highest BCUT2D eigenvalue weighted by Gasteiger charge is 2.34. The molecule has 3 rings (SSSR count). The Hall–Kier alpha value is -3.39. The van der Waals surface area contributed by atoms with E-state index in [0.29, 0.717) is 28.5 Å². The Labute approximate surface area is 173 Å². The van der Waals surface area contributed by atoms with Crippen molar-refractivity contribution in [3.8, 4) is 17.2 Å². The number of amides is 2. The van der Waals surface area contributed by atoms with E-state index in [-0.39, 0.29) is 10.7 Å². The third kappa shape index (κ3) is 3.93. The minimum absolute atomic E-state index is 0.0332. The normalized spacial score (nSPS) is 15.4. The van der Waals surface area contributed by atoms with Gasteiger partial charge in [0.05, 0.1) is 27.0 Å². The van der Waals surface area contributed by atoms with Gasteiger partial charge in [-0.3, -0.25) is 19.8 Å². The van der Waals surface area contributed by atoms with Gasteiger partial charge < -0.3 is 14.2 Å². The fourth-order valence-corrected chi connectivity index (χ4v) is 3.22. The summed E-state index contributed by atoms with van der Waals surface area (Å²) in [5.41, 5.74) is 2.09. The van der Waals surface area contributed by atoms with Gasteiger partial charge in [-0.2, -0.15) is 0 Å². The molecule has 0 radical (unpaired) electrons. The fraction of sp³-hybridized carbons (Fsp3) is 0.190. The topological polar surface area (TPSA) is 77.1 Å². The van der Waals surface area contributed by atoms with Crippen LogP contribution in [0.5, 0.6) is 17.2 Å². The molecule has 0 aliphatic carbocycles. The number of hydrogen-bond acceptors (Lipinski definition) is 6. The Morgan fingerprint density at radius 2 is 1.55 bits per heavy atom. The fourth-order valence-electron chi connectivity index (χ4n) is 2.94. The van der Waals surface area contributed by atoms with Crippen molar-refractivity contribution in [2.75, 3.05) is 26.2 Å². The number of carbonyl (C=O) groups is 2. The molecular formula is C21H20N2O5S. The molecule has 2 aromatic carbocycles. The lowest BCUT2D eigenvalue weighted by atomic mass is 10.1. The molecular weight excluding hydrogens is 392 g/mol. The van der Waals surface area contributed by atoms with Crippen LogP contribution >= 0.6 is 12.2 Å². The molecule has 2 aromatic rings. The smallest absolute Gasteiger partial charge is 0.270 e. The molecule has 1 aliphatic rings. The summed E-state index contributed by atoms with van der Waals surface area (Å²) in [4.78, 5) is 26.9. The Kier molecular flexibility index (Phi) is 5.84. The molecule has 0 aromatic heterocycles. The van der Waals surface area contributed by atoms with Gasteiger partial charge in [-0.05, 0) is 55.0 Å². The predicted octanol–water partition coefficient (Wildman–Crippen LogP) is 2.85. The number of nitrogens with one attached hydrogen (secondary N) is 1. The minimum atomic E-state index is -0.572. The van der Waals surface area contributed by atoms with Gasteiger partial charge >= 0.3 is 0 Å². The molecule has 150 valence electrons. The van der Waals surface area contributed by atoms with Crippen LogP contribution in [0.15, 0.2) is 42.0 Å². The van der Waals surface area contributed by atoms with Gasteiger partial charge in [0.2, 0.25) is 5.75 Å². The maximum atomic E-state index is 13.1. The van der Waals surface area contributed by atoms with E-state index < -0.39 is 11.8 Å². The monoisotopic (exact) mass is 412 g/mol. The zero-order valence-electron chi connectivity index (χ0n) is 16.4. The van der Waals surface area contributed by atoms with Crippen LogP contribution in [-0.4, -0.2) is 38.3 Å². The molecule has 0 bridgehead atoms. The molecule has 1 N–H and O–H groups in total. The number of rotatable bonds is 5. The lowest BCUT2D eigenvalue weighted by molar-refractivity contribution is -0.122. The van der Waals surface area contributed by atoms with E-state index in [4.69, 9.17) is 26.4 Å². The van der Waals surface area contributed by atoms with Crippen molar-refractivity contribution in [1.29, 1.82) is 0 Å². The Morgan fingerprint density at radius 3 is 2.07 bits per heavy atom. The van der Waals surface area contributed by atoms with Crippen molar-refractivity contribution in [2.24, 2.45) is 0 Å². The molecule has 1 heterocycles. The third-order valence-electron chi connectivity index (χ3n) is 4.39. The second kappa shape index (κ2) is 8.32.